The number of para-hydroxylation sites is 1. The van der Waals surface area contributed by atoms with Crippen LogP contribution in [0.1, 0.15) is 11.1 Å². The van der Waals surface area contributed by atoms with Gasteiger partial charge in [-0.1, -0.05) is 18.2 Å². The zero-order chi connectivity index (χ0) is 17.2. The lowest BCUT2D eigenvalue weighted by molar-refractivity contribution is 0.629. The summed E-state index contributed by atoms with van der Waals surface area (Å²) < 4.78 is 13.3. The Labute approximate surface area is 169 Å². The molecular formula is C20H22FIN4. The van der Waals surface area contributed by atoms with Crippen LogP contribution >= 0.6 is 24.0 Å². The number of aromatic amines is 1. The number of aliphatic imine (C=N–C) groups is 1. The average Bonchev–Trinajstić information content (AvgIpc) is 3.23. The summed E-state index contributed by atoms with van der Waals surface area (Å²) in [5, 5.41) is 4.53. The first kappa shape index (κ1) is 18.7. The van der Waals surface area contributed by atoms with Crippen molar-refractivity contribution in [2.45, 2.75) is 12.8 Å². The Bertz CT molecular complexity index is 934. The highest BCUT2D eigenvalue weighted by Gasteiger charge is 2.22. The molecule has 0 saturated heterocycles. The van der Waals surface area contributed by atoms with Gasteiger partial charge in [-0.2, -0.15) is 0 Å². The standard InChI is InChI=1S/C20H21FN4.HI/c1-22-20(25-11-9-14-4-2-3-5-19(14)25)23-10-8-15-13-24-18-12-16(21)6-7-17(15)18;/h2-7,12-13,24H,8-11H2,1H3,(H,22,23);1H. The normalized spacial score (nSPS) is 13.6. The number of nitrogens with zero attached hydrogens (tertiary/aromatic N) is 2. The van der Waals surface area contributed by atoms with Gasteiger partial charge in [-0.3, -0.25) is 4.99 Å². The van der Waals surface area contributed by atoms with Crippen molar-refractivity contribution in [2.24, 2.45) is 4.99 Å². The van der Waals surface area contributed by atoms with Gasteiger partial charge < -0.3 is 15.2 Å². The van der Waals surface area contributed by atoms with Crippen LogP contribution in [0.15, 0.2) is 53.7 Å². The van der Waals surface area contributed by atoms with Gasteiger partial charge in [-0.25, -0.2) is 4.39 Å². The summed E-state index contributed by atoms with van der Waals surface area (Å²) in [6.45, 7) is 1.72. The largest absolute Gasteiger partial charge is 0.361 e. The van der Waals surface area contributed by atoms with Crippen LogP contribution in [0.5, 0.6) is 0 Å². The number of anilines is 1. The van der Waals surface area contributed by atoms with E-state index in [9.17, 15) is 4.39 Å². The van der Waals surface area contributed by atoms with Crippen LogP contribution in [0.3, 0.4) is 0 Å². The number of benzene rings is 2. The zero-order valence-corrected chi connectivity index (χ0v) is 17.0. The van der Waals surface area contributed by atoms with Crippen molar-refractivity contribution in [1.82, 2.24) is 10.3 Å². The van der Waals surface area contributed by atoms with E-state index >= 15 is 0 Å². The topological polar surface area (TPSA) is 43.4 Å². The van der Waals surface area contributed by atoms with E-state index in [1.54, 1.807) is 0 Å². The minimum Gasteiger partial charge on any atom is -0.361 e. The smallest absolute Gasteiger partial charge is 0.198 e. The van der Waals surface area contributed by atoms with Crippen LogP contribution in [-0.4, -0.2) is 31.1 Å². The quantitative estimate of drug-likeness (QED) is 0.348. The predicted molar refractivity (Wildman–Crippen MR) is 116 cm³/mol. The van der Waals surface area contributed by atoms with Gasteiger partial charge in [-0.15, -0.1) is 24.0 Å². The Balaban J connectivity index is 0.00000196. The summed E-state index contributed by atoms with van der Waals surface area (Å²) in [5.41, 5.74) is 4.62. The fourth-order valence-electron chi connectivity index (χ4n) is 3.53. The Kier molecular flexibility index (Phi) is 5.80. The van der Waals surface area contributed by atoms with Gasteiger partial charge in [0.15, 0.2) is 5.96 Å². The molecule has 0 radical (unpaired) electrons. The molecule has 136 valence electrons. The van der Waals surface area contributed by atoms with E-state index in [0.29, 0.717) is 0 Å². The zero-order valence-electron chi connectivity index (χ0n) is 14.6. The molecule has 0 unspecified atom stereocenters. The number of guanidine groups is 1. The van der Waals surface area contributed by atoms with Crippen LogP contribution in [0, 0.1) is 5.82 Å². The number of aromatic nitrogens is 1. The van der Waals surface area contributed by atoms with Gasteiger partial charge in [0.2, 0.25) is 0 Å². The molecule has 26 heavy (non-hydrogen) atoms. The monoisotopic (exact) mass is 464 g/mol. The number of hydrogen-bond donors (Lipinski definition) is 2. The molecule has 2 heterocycles. The lowest BCUT2D eigenvalue weighted by atomic mass is 10.1. The van der Waals surface area contributed by atoms with E-state index in [1.807, 2.05) is 19.3 Å². The second-order valence-electron chi connectivity index (χ2n) is 6.26. The maximum absolute atomic E-state index is 13.3. The van der Waals surface area contributed by atoms with Crippen molar-refractivity contribution in [3.63, 3.8) is 0 Å². The van der Waals surface area contributed by atoms with Crippen LogP contribution < -0.4 is 10.2 Å². The van der Waals surface area contributed by atoms with E-state index in [1.165, 1.54) is 28.9 Å². The third-order valence-corrected chi connectivity index (χ3v) is 4.76. The number of fused-ring (bicyclic) bond motifs is 2. The summed E-state index contributed by atoms with van der Waals surface area (Å²) in [4.78, 5) is 9.81. The molecule has 0 spiro atoms. The highest BCUT2D eigenvalue weighted by molar-refractivity contribution is 14.0. The summed E-state index contributed by atoms with van der Waals surface area (Å²) in [5.74, 6) is 0.683. The van der Waals surface area contributed by atoms with Crippen LogP contribution in [0.25, 0.3) is 10.9 Å². The van der Waals surface area contributed by atoms with E-state index in [2.05, 4.69) is 44.5 Å². The molecule has 1 aromatic heterocycles. The molecule has 2 aromatic carbocycles. The second kappa shape index (κ2) is 8.07. The average molecular weight is 464 g/mol. The van der Waals surface area contributed by atoms with Gasteiger partial charge in [0, 0.05) is 42.9 Å². The number of H-pyrrole nitrogens is 1. The maximum Gasteiger partial charge on any atom is 0.198 e. The molecule has 0 fully saturated rings. The summed E-state index contributed by atoms with van der Waals surface area (Å²) in [6.07, 6.45) is 3.85. The first-order chi connectivity index (χ1) is 12.3. The Morgan fingerprint density at radius 2 is 2.12 bits per heavy atom. The van der Waals surface area contributed by atoms with Crippen molar-refractivity contribution in [1.29, 1.82) is 0 Å². The van der Waals surface area contributed by atoms with E-state index < -0.39 is 0 Å². The SMILES string of the molecule is CN=C(NCCc1c[nH]c2cc(F)ccc12)N1CCc2ccccc21.I. The molecule has 3 aromatic rings. The summed E-state index contributed by atoms with van der Waals surface area (Å²) in [7, 11) is 1.82. The van der Waals surface area contributed by atoms with Crippen LogP contribution in [0.4, 0.5) is 10.1 Å². The fraction of sp³-hybridized carbons (Fsp3) is 0.250. The first-order valence-electron chi connectivity index (χ1n) is 8.58. The molecule has 4 rings (SSSR count). The Morgan fingerprint density at radius 3 is 2.96 bits per heavy atom. The third-order valence-electron chi connectivity index (χ3n) is 4.76. The lowest BCUT2D eigenvalue weighted by Gasteiger charge is -2.22. The predicted octanol–water partition coefficient (Wildman–Crippen LogP) is 4.11. The van der Waals surface area contributed by atoms with Crippen molar-refractivity contribution in [3.05, 3.63) is 65.6 Å². The molecule has 1 aliphatic rings. The van der Waals surface area contributed by atoms with Gasteiger partial charge in [0.05, 0.1) is 0 Å². The highest BCUT2D eigenvalue weighted by atomic mass is 127. The number of hydrogen-bond acceptors (Lipinski definition) is 1. The van der Waals surface area contributed by atoms with Crippen LogP contribution in [0.2, 0.25) is 0 Å². The van der Waals surface area contributed by atoms with E-state index in [0.717, 1.165) is 42.8 Å². The highest BCUT2D eigenvalue weighted by Crippen LogP contribution is 2.27. The van der Waals surface area contributed by atoms with Gasteiger partial charge >= 0.3 is 0 Å². The molecule has 0 bridgehead atoms. The van der Waals surface area contributed by atoms with Crippen molar-refractivity contribution in [3.8, 4) is 0 Å². The number of rotatable bonds is 3. The molecule has 0 amide bonds. The van der Waals surface area contributed by atoms with Crippen molar-refractivity contribution >= 4 is 46.5 Å². The fourth-order valence-corrected chi connectivity index (χ4v) is 3.53. The Hall–Kier alpha value is -2.09. The second-order valence-corrected chi connectivity index (χ2v) is 6.26. The van der Waals surface area contributed by atoms with E-state index in [4.69, 9.17) is 0 Å². The van der Waals surface area contributed by atoms with Gasteiger partial charge in [0.1, 0.15) is 5.82 Å². The Morgan fingerprint density at radius 1 is 1.27 bits per heavy atom. The summed E-state index contributed by atoms with van der Waals surface area (Å²) in [6, 6.07) is 13.3. The molecular weight excluding hydrogens is 442 g/mol. The van der Waals surface area contributed by atoms with Crippen molar-refractivity contribution < 1.29 is 4.39 Å². The molecule has 0 atom stereocenters. The molecule has 1 aliphatic heterocycles. The first-order valence-corrected chi connectivity index (χ1v) is 8.58. The number of halogens is 2. The van der Waals surface area contributed by atoms with Crippen molar-refractivity contribution in [2.75, 3.05) is 25.0 Å². The number of nitrogens with one attached hydrogen (secondary N) is 2. The molecule has 2 N–H and O–H groups in total. The maximum atomic E-state index is 13.3. The third kappa shape index (κ3) is 3.56. The van der Waals surface area contributed by atoms with E-state index in [-0.39, 0.29) is 29.8 Å². The summed E-state index contributed by atoms with van der Waals surface area (Å²) >= 11 is 0. The lowest BCUT2D eigenvalue weighted by Crippen LogP contribution is -2.41. The molecule has 0 aliphatic carbocycles. The van der Waals surface area contributed by atoms with Gasteiger partial charge in [0.25, 0.3) is 0 Å². The van der Waals surface area contributed by atoms with Crippen LogP contribution in [-0.2, 0) is 12.8 Å². The molecule has 0 saturated carbocycles. The minimum absolute atomic E-state index is 0. The van der Waals surface area contributed by atoms with Gasteiger partial charge in [-0.05, 0) is 48.2 Å². The molecule has 6 heteroatoms. The minimum atomic E-state index is -0.216. The molecule has 4 nitrogen and oxygen atoms in total.